The number of carbonyl (C=O) groups excluding carboxylic acids is 1. The van der Waals surface area contributed by atoms with E-state index in [-0.39, 0.29) is 11.6 Å². The topological polar surface area (TPSA) is 79.9 Å². The smallest absolute Gasteiger partial charge is 0.279 e. The molecule has 2 aromatic carbocycles. The van der Waals surface area contributed by atoms with Crippen LogP contribution in [-0.2, 0) is 11.2 Å². The maximum atomic E-state index is 12.4. The maximum Gasteiger partial charge on any atom is 0.279 e. The molecule has 0 saturated carbocycles. The molecule has 2 N–H and O–H groups in total. The lowest BCUT2D eigenvalue weighted by Gasteiger charge is -2.33. The van der Waals surface area contributed by atoms with Gasteiger partial charge in [0.2, 0.25) is 0 Å². The Hall–Kier alpha value is -2.64. The number of piperazine rings is 1. The van der Waals surface area contributed by atoms with Gasteiger partial charge in [-0.1, -0.05) is 36.7 Å². The molecule has 1 amide bonds. The van der Waals surface area contributed by atoms with Gasteiger partial charge < -0.3 is 15.1 Å². The number of nitrogens with one attached hydrogen (secondary N) is 2. The standard InChI is InChI=1S/C20H23ClN4O3/c1-2-15-5-3-4-6-18(15)22-20(26)14-23-9-11-24(12-10-23)19-8-7-16(25(27)28)13-17(19)21/h3-8,13H,2,9-12,14H2,1H3,(H,22,26)/p+1. The molecule has 1 saturated heterocycles. The second-order valence-electron chi connectivity index (χ2n) is 6.87. The average Bonchev–Trinajstić information content (AvgIpc) is 2.69. The van der Waals surface area contributed by atoms with Crippen LogP contribution in [-0.4, -0.2) is 43.6 Å². The Morgan fingerprint density at radius 2 is 1.96 bits per heavy atom. The number of hydrogen-bond donors (Lipinski definition) is 2. The second-order valence-corrected chi connectivity index (χ2v) is 7.27. The number of nitro benzene ring substituents is 1. The first-order valence-electron chi connectivity index (χ1n) is 9.38. The van der Waals surface area contributed by atoms with E-state index in [0.717, 1.165) is 49.5 Å². The first-order valence-corrected chi connectivity index (χ1v) is 9.76. The molecule has 3 rings (SSSR count). The van der Waals surface area contributed by atoms with E-state index < -0.39 is 4.92 Å². The van der Waals surface area contributed by atoms with Gasteiger partial charge in [-0.25, -0.2) is 0 Å². The summed E-state index contributed by atoms with van der Waals surface area (Å²) in [5.41, 5.74) is 2.80. The fourth-order valence-electron chi connectivity index (χ4n) is 3.48. The molecule has 0 radical (unpaired) electrons. The van der Waals surface area contributed by atoms with E-state index in [1.54, 1.807) is 6.07 Å². The number of nitrogens with zero attached hydrogens (tertiary/aromatic N) is 2. The van der Waals surface area contributed by atoms with Crippen molar-refractivity contribution in [2.75, 3.05) is 42.9 Å². The SMILES string of the molecule is CCc1ccccc1NC(=O)C[NH+]1CCN(c2ccc([N+](=O)[O-])cc2Cl)CC1. The summed E-state index contributed by atoms with van der Waals surface area (Å²) in [7, 11) is 0. The summed E-state index contributed by atoms with van der Waals surface area (Å²) in [6.07, 6.45) is 0.873. The van der Waals surface area contributed by atoms with E-state index >= 15 is 0 Å². The Morgan fingerprint density at radius 3 is 2.61 bits per heavy atom. The third-order valence-corrected chi connectivity index (χ3v) is 5.34. The predicted octanol–water partition coefficient (Wildman–Crippen LogP) is 2.15. The van der Waals surface area contributed by atoms with E-state index in [4.69, 9.17) is 11.6 Å². The fraction of sp³-hybridized carbons (Fsp3) is 0.350. The number of carbonyl (C=O) groups is 1. The minimum atomic E-state index is -0.451. The van der Waals surface area contributed by atoms with Crippen LogP contribution in [0.25, 0.3) is 0 Å². The number of quaternary nitrogens is 1. The summed E-state index contributed by atoms with van der Waals surface area (Å²) in [4.78, 5) is 26.1. The van der Waals surface area contributed by atoms with Gasteiger partial charge in [-0.3, -0.25) is 14.9 Å². The summed E-state index contributed by atoms with van der Waals surface area (Å²) in [6.45, 7) is 5.57. The monoisotopic (exact) mass is 403 g/mol. The highest BCUT2D eigenvalue weighted by Crippen LogP contribution is 2.29. The molecule has 1 aliphatic heterocycles. The number of rotatable bonds is 6. The van der Waals surface area contributed by atoms with Crippen LogP contribution in [0, 0.1) is 10.1 Å². The van der Waals surface area contributed by atoms with Crippen molar-refractivity contribution in [3.63, 3.8) is 0 Å². The number of non-ortho nitro benzene ring substituents is 1. The molecule has 0 atom stereocenters. The number of benzene rings is 2. The maximum absolute atomic E-state index is 12.4. The summed E-state index contributed by atoms with van der Waals surface area (Å²) in [5.74, 6) is 0.0118. The Labute approximate surface area is 169 Å². The van der Waals surface area contributed by atoms with Crippen molar-refractivity contribution in [1.82, 2.24) is 0 Å². The number of anilines is 2. The van der Waals surface area contributed by atoms with Crippen molar-refractivity contribution in [3.8, 4) is 0 Å². The summed E-state index contributed by atoms with van der Waals surface area (Å²) < 4.78 is 0. The molecular formula is C20H24ClN4O3+. The second kappa shape index (κ2) is 9.03. The highest BCUT2D eigenvalue weighted by Gasteiger charge is 2.24. The molecule has 1 fully saturated rings. The van der Waals surface area contributed by atoms with E-state index in [2.05, 4.69) is 17.1 Å². The number of nitro groups is 1. The van der Waals surface area contributed by atoms with Crippen molar-refractivity contribution in [3.05, 3.63) is 63.2 Å². The van der Waals surface area contributed by atoms with E-state index in [9.17, 15) is 14.9 Å². The fourth-order valence-corrected chi connectivity index (χ4v) is 3.77. The molecule has 0 bridgehead atoms. The van der Waals surface area contributed by atoms with Crippen LogP contribution in [0.15, 0.2) is 42.5 Å². The molecule has 148 valence electrons. The number of halogens is 1. The Kier molecular flexibility index (Phi) is 6.49. The first kappa shape index (κ1) is 20.1. The molecule has 2 aromatic rings. The predicted molar refractivity (Wildman–Crippen MR) is 110 cm³/mol. The third kappa shape index (κ3) is 4.79. The van der Waals surface area contributed by atoms with Gasteiger partial charge in [0, 0.05) is 17.8 Å². The van der Waals surface area contributed by atoms with Crippen LogP contribution >= 0.6 is 11.6 Å². The lowest BCUT2D eigenvalue weighted by Crippen LogP contribution is -3.15. The largest absolute Gasteiger partial charge is 0.359 e. The highest BCUT2D eigenvalue weighted by atomic mass is 35.5. The van der Waals surface area contributed by atoms with Gasteiger partial charge in [0.05, 0.1) is 41.8 Å². The van der Waals surface area contributed by atoms with Crippen molar-refractivity contribution in [2.24, 2.45) is 0 Å². The zero-order valence-corrected chi connectivity index (χ0v) is 16.5. The lowest BCUT2D eigenvalue weighted by molar-refractivity contribution is -0.892. The van der Waals surface area contributed by atoms with Gasteiger partial charge in [0.15, 0.2) is 6.54 Å². The lowest BCUT2D eigenvalue weighted by atomic mass is 10.1. The molecule has 0 spiro atoms. The molecule has 0 aromatic heterocycles. The van der Waals surface area contributed by atoms with Crippen molar-refractivity contribution < 1.29 is 14.6 Å². The summed E-state index contributed by atoms with van der Waals surface area (Å²) >= 11 is 6.23. The normalized spacial score (nSPS) is 14.7. The number of para-hydroxylation sites is 1. The van der Waals surface area contributed by atoms with Gasteiger partial charge in [-0.2, -0.15) is 0 Å². The molecule has 0 unspecified atom stereocenters. The van der Waals surface area contributed by atoms with Crippen molar-refractivity contribution >= 4 is 34.6 Å². The minimum Gasteiger partial charge on any atom is -0.359 e. The Morgan fingerprint density at radius 1 is 1.25 bits per heavy atom. The highest BCUT2D eigenvalue weighted by molar-refractivity contribution is 6.33. The van der Waals surface area contributed by atoms with Crippen LogP contribution in [0.2, 0.25) is 5.02 Å². The van der Waals surface area contributed by atoms with Gasteiger partial charge in [-0.05, 0) is 24.1 Å². The Balaban J connectivity index is 1.54. The van der Waals surface area contributed by atoms with Gasteiger partial charge >= 0.3 is 0 Å². The quantitative estimate of drug-likeness (QED) is 0.572. The number of hydrogen-bond acceptors (Lipinski definition) is 4. The molecule has 28 heavy (non-hydrogen) atoms. The summed E-state index contributed by atoms with van der Waals surface area (Å²) in [5, 5.41) is 14.3. The van der Waals surface area contributed by atoms with Gasteiger partial charge in [0.1, 0.15) is 0 Å². The molecule has 7 nitrogen and oxygen atoms in total. The van der Waals surface area contributed by atoms with E-state index in [0.29, 0.717) is 11.6 Å². The summed E-state index contributed by atoms with van der Waals surface area (Å²) in [6, 6.07) is 12.4. The molecule has 8 heteroatoms. The van der Waals surface area contributed by atoms with Crippen molar-refractivity contribution in [2.45, 2.75) is 13.3 Å². The van der Waals surface area contributed by atoms with Crippen molar-refractivity contribution in [1.29, 1.82) is 0 Å². The van der Waals surface area contributed by atoms with Crippen LogP contribution < -0.4 is 15.1 Å². The Bertz CT molecular complexity index is 866. The average molecular weight is 404 g/mol. The zero-order chi connectivity index (χ0) is 20.1. The van der Waals surface area contributed by atoms with E-state index in [1.807, 2.05) is 24.3 Å². The molecule has 1 heterocycles. The molecule has 1 aliphatic rings. The molecular weight excluding hydrogens is 380 g/mol. The van der Waals surface area contributed by atoms with E-state index in [1.165, 1.54) is 17.0 Å². The van der Waals surface area contributed by atoms with Crippen LogP contribution in [0.5, 0.6) is 0 Å². The number of amides is 1. The van der Waals surface area contributed by atoms with Crippen LogP contribution in [0.3, 0.4) is 0 Å². The first-order chi connectivity index (χ1) is 13.5. The van der Waals surface area contributed by atoms with Gasteiger partial charge in [-0.15, -0.1) is 0 Å². The van der Waals surface area contributed by atoms with Crippen LogP contribution in [0.4, 0.5) is 17.1 Å². The minimum absolute atomic E-state index is 0.0118. The third-order valence-electron chi connectivity index (χ3n) is 5.04. The van der Waals surface area contributed by atoms with Gasteiger partial charge in [0.25, 0.3) is 11.6 Å². The molecule has 0 aliphatic carbocycles. The van der Waals surface area contributed by atoms with Crippen LogP contribution in [0.1, 0.15) is 12.5 Å². The zero-order valence-electron chi connectivity index (χ0n) is 15.8. The number of aryl methyl sites for hydroxylation is 1.